The minimum absolute atomic E-state index is 0.139. The van der Waals surface area contributed by atoms with Crippen LogP contribution in [0.3, 0.4) is 0 Å². The quantitative estimate of drug-likeness (QED) is 0.481. The topological polar surface area (TPSA) is 72.3 Å². The van der Waals surface area contributed by atoms with Crippen LogP contribution in [-0.2, 0) is 17.7 Å². The first-order chi connectivity index (χ1) is 16.6. The van der Waals surface area contributed by atoms with E-state index in [0.717, 1.165) is 67.1 Å². The Morgan fingerprint density at radius 2 is 1.89 bits per heavy atom. The van der Waals surface area contributed by atoms with Gasteiger partial charge < -0.3 is 19.5 Å². The molecule has 0 saturated carbocycles. The molecule has 7 heteroatoms. The lowest BCUT2D eigenvalue weighted by Crippen LogP contribution is -2.48. The van der Waals surface area contributed by atoms with Crippen molar-refractivity contribution < 1.29 is 9.53 Å². The first kappa shape index (κ1) is 25.0. The molecule has 0 bridgehead atoms. The van der Waals surface area contributed by atoms with E-state index >= 15 is 0 Å². The van der Waals surface area contributed by atoms with E-state index in [1.807, 2.05) is 32.6 Å². The Hall–Kier alpha value is -3.09. The molecule has 1 amide bonds. The molecule has 1 aliphatic rings. The zero-order valence-corrected chi connectivity index (χ0v) is 22.0. The van der Waals surface area contributed by atoms with Crippen molar-refractivity contribution in [3.8, 4) is 0 Å². The lowest BCUT2D eigenvalue weighted by atomic mass is 10.0. The second-order valence-corrected chi connectivity index (χ2v) is 10.6. The number of carbonyl (C=O) groups is 1. The summed E-state index contributed by atoms with van der Waals surface area (Å²) in [4.78, 5) is 24.2. The van der Waals surface area contributed by atoms with Gasteiger partial charge in [0.1, 0.15) is 16.9 Å². The lowest BCUT2D eigenvalue weighted by molar-refractivity contribution is 0.0114. The number of rotatable bonds is 6. The summed E-state index contributed by atoms with van der Waals surface area (Å²) in [5.41, 5.74) is 5.92. The van der Waals surface area contributed by atoms with Gasteiger partial charge in [0.05, 0.1) is 12.6 Å². The fourth-order valence-electron chi connectivity index (χ4n) is 4.80. The summed E-state index contributed by atoms with van der Waals surface area (Å²) in [6, 6.07) is 10.8. The Balaban J connectivity index is 1.43. The highest BCUT2D eigenvalue weighted by Crippen LogP contribution is 2.23. The van der Waals surface area contributed by atoms with Gasteiger partial charge in [0.15, 0.2) is 5.65 Å². The highest BCUT2D eigenvalue weighted by Gasteiger charge is 2.30. The number of amides is 1. The monoisotopic (exact) mass is 477 g/mol. The Bertz CT molecular complexity index is 1180. The fraction of sp³-hybridized carbons (Fsp3) is 0.536. The molecule has 188 valence electrons. The number of anilines is 1. The Kier molecular flexibility index (Phi) is 7.33. The molecule has 3 heterocycles. The van der Waals surface area contributed by atoms with Crippen molar-refractivity contribution in [1.29, 1.82) is 0 Å². The summed E-state index contributed by atoms with van der Waals surface area (Å²) in [6.45, 7) is 14.2. The van der Waals surface area contributed by atoms with Crippen LogP contribution in [0.25, 0.3) is 11.2 Å². The van der Waals surface area contributed by atoms with Crippen molar-refractivity contribution in [1.82, 2.24) is 19.4 Å². The number of hydrogen-bond acceptors (Lipinski definition) is 5. The Morgan fingerprint density at radius 1 is 1.14 bits per heavy atom. The van der Waals surface area contributed by atoms with E-state index < -0.39 is 5.60 Å². The summed E-state index contributed by atoms with van der Waals surface area (Å²) in [5, 5.41) is 3.53. The normalized spacial score (nSPS) is 16.5. The molecule has 7 nitrogen and oxygen atoms in total. The molecule has 1 atom stereocenters. The van der Waals surface area contributed by atoms with E-state index in [2.05, 4.69) is 54.1 Å². The molecule has 1 saturated heterocycles. The molecule has 35 heavy (non-hydrogen) atoms. The number of nitrogens with one attached hydrogen (secondary N) is 1. The van der Waals surface area contributed by atoms with Crippen molar-refractivity contribution in [3.63, 3.8) is 0 Å². The van der Waals surface area contributed by atoms with Crippen LogP contribution in [0, 0.1) is 13.8 Å². The number of likely N-dealkylation sites (tertiary alicyclic amines) is 1. The van der Waals surface area contributed by atoms with Crippen molar-refractivity contribution in [3.05, 3.63) is 53.0 Å². The van der Waals surface area contributed by atoms with Crippen LogP contribution in [0.5, 0.6) is 0 Å². The average molecular weight is 478 g/mol. The van der Waals surface area contributed by atoms with Crippen LogP contribution in [0.1, 0.15) is 69.6 Å². The number of ether oxygens (including phenoxy) is 1. The Morgan fingerprint density at radius 3 is 2.57 bits per heavy atom. The van der Waals surface area contributed by atoms with E-state index in [9.17, 15) is 4.79 Å². The first-order valence-electron chi connectivity index (χ1n) is 12.8. The highest BCUT2D eigenvalue weighted by molar-refractivity contribution is 5.76. The predicted molar refractivity (Wildman–Crippen MR) is 141 cm³/mol. The third-order valence-corrected chi connectivity index (χ3v) is 6.51. The number of piperidine rings is 1. The number of imidazole rings is 1. The van der Waals surface area contributed by atoms with Crippen LogP contribution < -0.4 is 5.32 Å². The van der Waals surface area contributed by atoms with E-state index in [0.29, 0.717) is 6.54 Å². The van der Waals surface area contributed by atoms with Crippen molar-refractivity contribution >= 4 is 22.9 Å². The molecule has 0 aliphatic carbocycles. The number of nitrogens with zero attached hydrogens (tertiary/aromatic N) is 4. The summed E-state index contributed by atoms with van der Waals surface area (Å²) in [7, 11) is 0. The van der Waals surface area contributed by atoms with Gasteiger partial charge in [-0.1, -0.05) is 19.1 Å². The van der Waals surface area contributed by atoms with E-state index in [1.165, 1.54) is 11.1 Å². The zero-order chi connectivity index (χ0) is 25.2. The third kappa shape index (κ3) is 5.95. The maximum atomic E-state index is 12.7. The maximum Gasteiger partial charge on any atom is 0.410 e. The zero-order valence-electron chi connectivity index (χ0n) is 22.0. The third-order valence-electron chi connectivity index (χ3n) is 6.51. The SMILES string of the molecule is CCc1nc2c(C)cc(C)nc2n1Cc1ccc(NCC2CCCCN2C(=O)OC(C)(C)C)cc1. The van der Waals surface area contributed by atoms with Gasteiger partial charge in [-0.2, -0.15) is 0 Å². The van der Waals surface area contributed by atoms with Gasteiger partial charge in [-0.3, -0.25) is 0 Å². The van der Waals surface area contributed by atoms with Crippen molar-refractivity contribution in [2.45, 2.75) is 85.4 Å². The second kappa shape index (κ2) is 10.3. The molecular weight excluding hydrogens is 438 g/mol. The molecule has 1 unspecified atom stereocenters. The number of benzene rings is 1. The van der Waals surface area contributed by atoms with Crippen molar-refractivity contribution in [2.75, 3.05) is 18.4 Å². The molecule has 0 spiro atoms. The fourth-order valence-corrected chi connectivity index (χ4v) is 4.80. The molecule has 1 N–H and O–H groups in total. The van der Waals surface area contributed by atoms with Gasteiger partial charge >= 0.3 is 6.09 Å². The number of aromatic nitrogens is 3. The van der Waals surface area contributed by atoms with Crippen LogP contribution in [0.4, 0.5) is 10.5 Å². The molecule has 2 aromatic heterocycles. The minimum Gasteiger partial charge on any atom is -0.444 e. The van der Waals surface area contributed by atoms with E-state index in [1.54, 1.807) is 0 Å². The van der Waals surface area contributed by atoms with Crippen LogP contribution in [0.2, 0.25) is 0 Å². The largest absolute Gasteiger partial charge is 0.444 e. The van der Waals surface area contributed by atoms with Gasteiger partial charge in [-0.15, -0.1) is 0 Å². The summed E-state index contributed by atoms with van der Waals surface area (Å²) >= 11 is 0. The van der Waals surface area contributed by atoms with Gasteiger partial charge in [0.25, 0.3) is 0 Å². The number of aryl methyl sites for hydroxylation is 3. The standard InChI is InChI=1S/C28H39N5O2/c1-7-24-31-25-19(2)16-20(3)30-26(25)33(24)18-21-11-13-22(14-12-21)29-17-23-10-8-9-15-32(23)27(34)35-28(4,5)6/h11-14,16,23,29H,7-10,15,17-18H2,1-6H3. The first-order valence-corrected chi connectivity index (χ1v) is 12.8. The average Bonchev–Trinajstić information content (AvgIpc) is 3.15. The molecule has 4 rings (SSSR count). The minimum atomic E-state index is -0.479. The van der Waals surface area contributed by atoms with Crippen LogP contribution >= 0.6 is 0 Å². The molecular formula is C28H39N5O2. The molecule has 3 aromatic rings. The lowest BCUT2D eigenvalue weighted by Gasteiger charge is -2.37. The smallest absolute Gasteiger partial charge is 0.410 e. The second-order valence-electron chi connectivity index (χ2n) is 10.6. The number of hydrogen-bond donors (Lipinski definition) is 1. The molecule has 1 aromatic carbocycles. The Labute approximate surface area is 208 Å². The van der Waals surface area contributed by atoms with E-state index in [4.69, 9.17) is 14.7 Å². The van der Waals surface area contributed by atoms with Gasteiger partial charge in [0.2, 0.25) is 0 Å². The number of carbonyl (C=O) groups excluding carboxylic acids is 1. The van der Waals surface area contributed by atoms with Gasteiger partial charge in [-0.25, -0.2) is 14.8 Å². The number of pyridine rings is 1. The maximum absolute atomic E-state index is 12.7. The van der Waals surface area contributed by atoms with Crippen LogP contribution in [0.15, 0.2) is 30.3 Å². The van der Waals surface area contributed by atoms with Gasteiger partial charge in [-0.05, 0) is 83.2 Å². The van der Waals surface area contributed by atoms with E-state index in [-0.39, 0.29) is 12.1 Å². The number of fused-ring (bicyclic) bond motifs is 1. The van der Waals surface area contributed by atoms with Gasteiger partial charge in [0, 0.05) is 30.9 Å². The molecule has 0 radical (unpaired) electrons. The molecule has 1 aliphatic heterocycles. The predicted octanol–water partition coefficient (Wildman–Crippen LogP) is 5.86. The summed E-state index contributed by atoms with van der Waals surface area (Å²) < 4.78 is 7.87. The summed E-state index contributed by atoms with van der Waals surface area (Å²) in [5.74, 6) is 1.06. The van der Waals surface area contributed by atoms with Crippen LogP contribution in [-0.4, -0.2) is 50.3 Å². The molecule has 1 fully saturated rings. The van der Waals surface area contributed by atoms with Crippen molar-refractivity contribution in [2.24, 2.45) is 0 Å². The highest BCUT2D eigenvalue weighted by atomic mass is 16.6. The summed E-state index contributed by atoms with van der Waals surface area (Å²) in [6.07, 6.45) is 3.81.